The summed E-state index contributed by atoms with van der Waals surface area (Å²) in [6.07, 6.45) is 15.9. The molecule has 0 spiro atoms. The molecule has 0 N–H and O–H groups in total. The van der Waals surface area contributed by atoms with Gasteiger partial charge in [-0.1, -0.05) is 128 Å². The van der Waals surface area contributed by atoms with E-state index in [9.17, 15) is 4.79 Å². The molecule has 1 atom stereocenters. The summed E-state index contributed by atoms with van der Waals surface area (Å²) in [5.74, 6) is 2.46. The molecule has 0 aliphatic carbocycles. The monoisotopic (exact) mass is 530 g/mol. The quantitative estimate of drug-likeness (QED) is 0.108. The highest BCUT2D eigenvalue weighted by atomic mass is 16.5. The van der Waals surface area contributed by atoms with Crippen LogP contribution in [-0.2, 0) is 6.61 Å². The molecule has 0 saturated heterocycles. The van der Waals surface area contributed by atoms with Crippen LogP contribution in [0.3, 0.4) is 0 Å². The Morgan fingerprint density at radius 3 is 1.87 bits per heavy atom. The van der Waals surface area contributed by atoms with E-state index in [4.69, 9.17) is 9.47 Å². The van der Waals surface area contributed by atoms with Gasteiger partial charge in [0, 0.05) is 12.0 Å². The predicted molar refractivity (Wildman–Crippen MR) is 165 cm³/mol. The van der Waals surface area contributed by atoms with Crippen molar-refractivity contribution in [1.29, 1.82) is 0 Å². The largest absolute Gasteiger partial charge is 0.494 e. The van der Waals surface area contributed by atoms with Crippen LogP contribution in [-0.4, -0.2) is 12.4 Å². The fraction of sp³-hybridized carbons (Fsp3) is 0.528. The Kier molecular flexibility index (Phi) is 14.0. The number of carbonyl (C=O) groups is 1. The smallest absolute Gasteiger partial charge is 0.163 e. The first kappa shape index (κ1) is 30.7. The van der Waals surface area contributed by atoms with Crippen LogP contribution in [0.2, 0.25) is 0 Å². The molecule has 0 unspecified atom stereocenters. The highest BCUT2D eigenvalue weighted by Gasteiger charge is 2.11. The lowest BCUT2D eigenvalue weighted by atomic mass is 9.94. The molecular formula is C36H50O3. The van der Waals surface area contributed by atoms with E-state index in [0.717, 1.165) is 52.8 Å². The molecule has 3 aromatic carbocycles. The fourth-order valence-corrected chi connectivity index (χ4v) is 5.04. The van der Waals surface area contributed by atoms with Gasteiger partial charge in [-0.25, -0.2) is 0 Å². The van der Waals surface area contributed by atoms with Gasteiger partial charge in [-0.15, -0.1) is 0 Å². The number of ether oxygens (including phenoxy) is 2. The summed E-state index contributed by atoms with van der Waals surface area (Å²) >= 11 is 0. The summed E-state index contributed by atoms with van der Waals surface area (Å²) in [7, 11) is 0. The van der Waals surface area contributed by atoms with Gasteiger partial charge in [-0.3, -0.25) is 4.79 Å². The molecular weight excluding hydrogens is 480 g/mol. The SMILES string of the molecule is CCCCCCCCCCOc1ccc2cc(OCc3ccc(C(=O)C[C@H](C)CCCCC)cc3)ccc2c1. The van der Waals surface area contributed by atoms with Gasteiger partial charge in [0.05, 0.1) is 6.61 Å². The van der Waals surface area contributed by atoms with Crippen LogP contribution in [0.1, 0.15) is 120 Å². The van der Waals surface area contributed by atoms with Crippen molar-refractivity contribution in [2.75, 3.05) is 6.61 Å². The van der Waals surface area contributed by atoms with Crippen molar-refractivity contribution in [2.24, 2.45) is 5.92 Å². The first-order valence-electron chi connectivity index (χ1n) is 15.5. The zero-order valence-electron chi connectivity index (χ0n) is 24.7. The lowest BCUT2D eigenvalue weighted by molar-refractivity contribution is 0.0962. The van der Waals surface area contributed by atoms with E-state index in [0.29, 0.717) is 18.9 Å². The normalized spacial score (nSPS) is 12.0. The average Bonchev–Trinajstić information content (AvgIpc) is 2.95. The molecule has 3 nitrogen and oxygen atoms in total. The summed E-state index contributed by atoms with van der Waals surface area (Å²) in [4.78, 5) is 12.6. The van der Waals surface area contributed by atoms with Crippen LogP contribution in [0.15, 0.2) is 60.7 Å². The molecule has 0 aromatic heterocycles. The fourth-order valence-electron chi connectivity index (χ4n) is 5.04. The number of fused-ring (bicyclic) bond motifs is 1. The first-order chi connectivity index (χ1) is 19.1. The second-order valence-electron chi connectivity index (χ2n) is 11.2. The highest BCUT2D eigenvalue weighted by molar-refractivity contribution is 5.96. The third-order valence-corrected chi connectivity index (χ3v) is 7.57. The minimum Gasteiger partial charge on any atom is -0.494 e. The van der Waals surface area contributed by atoms with Crippen LogP contribution in [0.25, 0.3) is 10.8 Å². The van der Waals surface area contributed by atoms with E-state index in [1.54, 1.807) is 0 Å². The van der Waals surface area contributed by atoms with E-state index in [2.05, 4.69) is 51.1 Å². The maximum Gasteiger partial charge on any atom is 0.163 e. The number of hydrogen-bond donors (Lipinski definition) is 0. The second-order valence-corrected chi connectivity index (χ2v) is 11.2. The molecule has 0 bridgehead atoms. The molecule has 0 aliphatic rings. The van der Waals surface area contributed by atoms with Gasteiger partial charge in [-0.05, 0) is 52.9 Å². The molecule has 0 radical (unpaired) electrons. The van der Waals surface area contributed by atoms with Crippen LogP contribution in [0, 0.1) is 5.92 Å². The van der Waals surface area contributed by atoms with Crippen LogP contribution in [0.4, 0.5) is 0 Å². The summed E-state index contributed by atoms with van der Waals surface area (Å²) in [5, 5.41) is 2.29. The van der Waals surface area contributed by atoms with Gasteiger partial charge in [-0.2, -0.15) is 0 Å². The Labute approximate surface area is 237 Å². The summed E-state index contributed by atoms with van der Waals surface area (Å²) in [5.41, 5.74) is 1.86. The van der Waals surface area contributed by atoms with Gasteiger partial charge >= 0.3 is 0 Å². The molecule has 0 heterocycles. The Morgan fingerprint density at radius 1 is 0.667 bits per heavy atom. The van der Waals surface area contributed by atoms with Crippen molar-refractivity contribution in [3.05, 3.63) is 71.8 Å². The molecule has 0 fully saturated rings. The van der Waals surface area contributed by atoms with Gasteiger partial charge < -0.3 is 9.47 Å². The molecule has 0 aliphatic heterocycles. The number of ketones is 1. The third kappa shape index (κ3) is 11.4. The number of hydrogen-bond acceptors (Lipinski definition) is 3. The first-order valence-corrected chi connectivity index (χ1v) is 15.5. The molecule has 0 amide bonds. The number of rotatable bonds is 20. The predicted octanol–water partition coefficient (Wildman–Crippen LogP) is 10.7. The zero-order valence-corrected chi connectivity index (χ0v) is 24.7. The molecule has 3 heteroatoms. The Balaban J connectivity index is 1.40. The molecule has 212 valence electrons. The summed E-state index contributed by atoms with van der Waals surface area (Å²) in [6.45, 7) is 7.92. The van der Waals surface area contributed by atoms with Crippen molar-refractivity contribution in [3.63, 3.8) is 0 Å². The molecule has 39 heavy (non-hydrogen) atoms. The minimum absolute atomic E-state index is 0.238. The Bertz CT molecular complexity index is 1100. The lowest BCUT2D eigenvalue weighted by Gasteiger charge is -2.11. The maximum atomic E-state index is 12.6. The molecule has 3 rings (SSSR count). The maximum absolute atomic E-state index is 12.6. The van der Waals surface area contributed by atoms with Crippen LogP contribution < -0.4 is 9.47 Å². The van der Waals surface area contributed by atoms with Crippen molar-refractivity contribution in [3.8, 4) is 11.5 Å². The van der Waals surface area contributed by atoms with E-state index in [1.165, 1.54) is 64.2 Å². The van der Waals surface area contributed by atoms with Crippen molar-refractivity contribution in [1.82, 2.24) is 0 Å². The molecule has 0 saturated carbocycles. The van der Waals surface area contributed by atoms with Crippen molar-refractivity contribution < 1.29 is 14.3 Å². The Hall–Kier alpha value is -2.81. The van der Waals surface area contributed by atoms with Crippen molar-refractivity contribution >= 4 is 16.6 Å². The van der Waals surface area contributed by atoms with E-state index in [1.807, 2.05) is 30.3 Å². The third-order valence-electron chi connectivity index (χ3n) is 7.57. The van der Waals surface area contributed by atoms with Crippen molar-refractivity contribution in [2.45, 2.75) is 111 Å². The topological polar surface area (TPSA) is 35.5 Å². The van der Waals surface area contributed by atoms with E-state index >= 15 is 0 Å². The average molecular weight is 531 g/mol. The molecule has 3 aromatic rings. The van der Waals surface area contributed by atoms with E-state index < -0.39 is 0 Å². The summed E-state index contributed by atoms with van der Waals surface area (Å²) < 4.78 is 12.1. The van der Waals surface area contributed by atoms with Crippen LogP contribution in [0.5, 0.6) is 11.5 Å². The van der Waals surface area contributed by atoms with Gasteiger partial charge in [0.2, 0.25) is 0 Å². The van der Waals surface area contributed by atoms with Gasteiger partial charge in [0.1, 0.15) is 18.1 Å². The summed E-state index contributed by atoms with van der Waals surface area (Å²) in [6, 6.07) is 20.4. The van der Waals surface area contributed by atoms with E-state index in [-0.39, 0.29) is 5.78 Å². The number of carbonyl (C=O) groups excluding carboxylic acids is 1. The van der Waals surface area contributed by atoms with Crippen LogP contribution >= 0.6 is 0 Å². The Morgan fingerprint density at radius 2 is 1.23 bits per heavy atom. The second kappa shape index (κ2) is 17.7. The number of unbranched alkanes of at least 4 members (excludes halogenated alkanes) is 9. The number of benzene rings is 3. The van der Waals surface area contributed by atoms with Gasteiger partial charge in [0.15, 0.2) is 5.78 Å². The minimum atomic E-state index is 0.238. The standard InChI is InChI=1S/C36H50O3/c1-4-6-8-9-10-11-12-14-24-38-34-22-20-33-27-35(23-21-32(33)26-34)39-28-30-16-18-31(19-17-30)36(37)25-29(3)15-13-7-5-2/h16-23,26-27,29H,4-15,24-25,28H2,1-3H3/t29-/m1/s1. The highest BCUT2D eigenvalue weighted by Crippen LogP contribution is 2.26. The van der Waals surface area contributed by atoms with Gasteiger partial charge in [0.25, 0.3) is 0 Å². The lowest BCUT2D eigenvalue weighted by Crippen LogP contribution is -2.06. The zero-order chi connectivity index (χ0) is 27.7. The number of Topliss-reactive ketones (excluding diaryl/α,β-unsaturated/α-hetero) is 1.